The highest BCUT2D eigenvalue weighted by atomic mass is 32.2. The molecule has 130 valence electrons. The van der Waals surface area contributed by atoms with Gasteiger partial charge in [-0.1, -0.05) is 13.0 Å². The number of aliphatic hydroxyl groups is 1. The molecule has 2 aromatic rings. The fraction of sp³-hybridized carbons (Fsp3) is 0.412. The third kappa shape index (κ3) is 4.52. The van der Waals surface area contributed by atoms with E-state index in [2.05, 4.69) is 0 Å². The number of rotatable bonds is 8. The number of hydrogen-bond donors (Lipinski definition) is 1. The maximum absolute atomic E-state index is 12.3. The summed E-state index contributed by atoms with van der Waals surface area (Å²) in [4.78, 5) is 24.1. The van der Waals surface area contributed by atoms with Crippen molar-refractivity contribution >= 4 is 28.7 Å². The first-order valence-corrected chi connectivity index (χ1v) is 8.84. The van der Waals surface area contributed by atoms with Crippen LogP contribution >= 0.6 is 11.8 Å². The molecule has 0 aliphatic heterocycles. The zero-order valence-corrected chi connectivity index (χ0v) is 14.4. The Morgan fingerprint density at radius 1 is 1.38 bits per heavy atom. The lowest BCUT2D eigenvalue weighted by Crippen LogP contribution is -2.21. The Bertz CT molecular complexity index is 754. The van der Waals surface area contributed by atoms with E-state index in [1.807, 2.05) is 6.92 Å². The average Bonchev–Trinajstić information content (AvgIpc) is 2.57. The molecule has 0 aliphatic rings. The van der Waals surface area contributed by atoms with Gasteiger partial charge < -0.3 is 19.0 Å². The van der Waals surface area contributed by atoms with Gasteiger partial charge in [0.2, 0.25) is 5.76 Å². The number of carbonyl (C=O) groups excluding carboxylic acids is 1. The van der Waals surface area contributed by atoms with Gasteiger partial charge >= 0.3 is 5.97 Å². The van der Waals surface area contributed by atoms with E-state index in [1.54, 1.807) is 36.9 Å². The second-order valence-corrected chi connectivity index (χ2v) is 6.27. The van der Waals surface area contributed by atoms with Crippen LogP contribution in [-0.2, 0) is 4.74 Å². The molecule has 7 heteroatoms. The van der Waals surface area contributed by atoms with E-state index >= 15 is 0 Å². The van der Waals surface area contributed by atoms with E-state index in [1.165, 1.54) is 0 Å². The van der Waals surface area contributed by atoms with E-state index < -0.39 is 17.5 Å². The van der Waals surface area contributed by atoms with Crippen LogP contribution in [0.15, 0.2) is 33.5 Å². The first-order chi connectivity index (χ1) is 11.6. The van der Waals surface area contributed by atoms with Gasteiger partial charge in [-0.25, -0.2) is 4.79 Å². The van der Waals surface area contributed by atoms with Gasteiger partial charge in [0.15, 0.2) is 5.43 Å². The molecule has 1 heterocycles. The first kappa shape index (κ1) is 18.4. The number of fused-ring (bicyclic) bond motifs is 1. The van der Waals surface area contributed by atoms with Gasteiger partial charge in [-0.15, -0.1) is 0 Å². The van der Waals surface area contributed by atoms with Gasteiger partial charge in [-0.2, -0.15) is 11.8 Å². The predicted octanol–water partition coefficient (Wildman–Crippen LogP) is 2.46. The molecule has 1 aromatic carbocycles. The minimum atomic E-state index is -0.685. The Kier molecular flexibility index (Phi) is 6.69. The van der Waals surface area contributed by atoms with Crippen molar-refractivity contribution in [2.45, 2.75) is 20.0 Å². The molecule has 0 spiro atoms. The quantitative estimate of drug-likeness (QED) is 0.730. The number of ether oxygens (including phenoxy) is 2. The zero-order valence-electron chi connectivity index (χ0n) is 13.6. The van der Waals surface area contributed by atoms with Gasteiger partial charge in [0, 0.05) is 11.8 Å². The standard InChI is InChI=1S/C17H20O6S/c1-3-21-17(20)15-8-12(19)16-13(6-5-7-14(16)23-15)22-9-11(18)10-24-4-2/h5-8,11,18H,3-4,9-10H2,1-2H3. The maximum atomic E-state index is 12.3. The molecule has 0 saturated heterocycles. The summed E-state index contributed by atoms with van der Waals surface area (Å²) in [5.74, 6) is 0.951. The van der Waals surface area contributed by atoms with E-state index in [0.717, 1.165) is 11.8 Å². The van der Waals surface area contributed by atoms with Crippen molar-refractivity contribution in [2.24, 2.45) is 0 Å². The Morgan fingerprint density at radius 2 is 2.17 bits per heavy atom. The predicted molar refractivity (Wildman–Crippen MR) is 92.9 cm³/mol. The molecular weight excluding hydrogens is 332 g/mol. The van der Waals surface area contributed by atoms with Crippen LogP contribution in [0.2, 0.25) is 0 Å². The highest BCUT2D eigenvalue weighted by Crippen LogP contribution is 2.24. The van der Waals surface area contributed by atoms with Crippen molar-refractivity contribution < 1.29 is 23.8 Å². The van der Waals surface area contributed by atoms with Crippen LogP contribution in [0.25, 0.3) is 11.0 Å². The number of hydrogen-bond acceptors (Lipinski definition) is 7. The molecule has 0 saturated carbocycles. The fourth-order valence-electron chi connectivity index (χ4n) is 2.09. The van der Waals surface area contributed by atoms with Crippen molar-refractivity contribution in [1.29, 1.82) is 0 Å². The fourth-order valence-corrected chi connectivity index (χ4v) is 2.69. The average molecular weight is 352 g/mol. The summed E-state index contributed by atoms with van der Waals surface area (Å²) in [7, 11) is 0. The molecule has 1 aromatic heterocycles. The summed E-state index contributed by atoms with van der Waals surface area (Å²) in [5.41, 5.74) is -0.159. The van der Waals surface area contributed by atoms with Crippen LogP contribution < -0.4 is 10.2 Å². The lowest BCUT2D eigenvalue weighted by atomic mass is 10.2. The highest BCUT2D eigenvalue weighted by Gasteiger charge is 2.16. The number of thioether (sulfide) groups is 1. The lowest BCUT2D eigenvalue weighted by molar-refractivity contribution is 0.0490. The number of esters is 1. The van der Waals surface area contributed by atoms with Gasteiger partial charge in [-0.05, 0) is 24.8 Å². The zero-order chi connectivity index (χ0) is 17.5. The summed E-state index contributed by atoms with van der Waals surface area (Å²) < 4.78 is 15.9. The summed E-state index contributed by atoms with van der Waals surface area (Å²) in [6.45, 7) is 3.95. The van der Waals surface area contributed by atoms with Crippen molar-refractivity contribution in [3.8, 4) is 5.75 Å². The van der Waals surface area contributed by atoms with E-state index in [4.69, 9.17) is 13.9 Å². The lowest BCUT2D eigenvalue weighted by Gasteiger charge is -2.13. The van der Waals surface area contributed by atoms with Crippen LogP contribution in [0.5, 0.6) is 5.75 Å². The van der Waals surface area contributed by atoms with Crippen LogP contribution in [0.3, 0.4) is 0 Å². The van der Waals surface area contributed by atoms with Gasteiger partial charge in [0.05, 0.1) is 12.7 Å². The van der Waals surface area contributed by atoms with Gasteiger partial charge in [0.1, 0.15) is 23.3 Å². The second kappa shape index (κ2) is 8.75. The molecule has 0 aliphatic carbocycles. The summed E-state index contributed by atoms with van der Waals surface area (Å²) >= 11 is 1.61. The van der Waals surface area contributed by atoms with Crippen LogP contribution in [-0.4, -0.2) is 41.9 Å². The Morgan fingerprint density at radius 3 is 2.88 bits per heavy atom. The van der Waals surface area contributed by atoms with Crippen LogP contribution in [0.4, 0.5) is 0 Å². The normalized spacial score (nSPS) is 12.1. The van der Waals surface area contributed by atoms with E-state index in [9.17, 15) is 14.7 Å². The summed E-state index contributed by atoms with van der Waals surface area (Å²) in [6, 6.07) is 5.96. The maximum Gasteiger partial charge on any atom is 0.374 e. The Labute approximate surface area is 143 Å². The molecule has 24 heavy (non-hydrogen) atoms. The summed E-state index contributed by atoms with van der Waals surface area (Å²) in [5, 5.41) is 10.1. The van der Waals surface area contributed by atoms with E-state index in [0.29, 0.717) is 11.5 Å². The second-order valence-electron chi connectivity index (χ2n) is 4.95. The monoisotopic (exact) mass is 352 g/mol. The molecule has 0 radical (unpaired) electrons. The molecular formula is C17H20O6S. The number of carbonyl (C=O) groups is 1. The van der Waals surface area contributed by atoms with Crippen molar-refractivity contribution in [3.05, 3.63) is 40.2 Å². The molecule has 6 nitrogen and oxygen atoms in total. The molecule has 1 atom stereocenters. The molecule has 0 amide bonds. The van der Waals surface area contributed by atoms with Crippen molar-refractivity contribution in [2.75, 3.05) is 24.7 Å². The molecule has 0 fully saturated rings. The van der Waals surface area contributed by atoms with E-state index in [-0.39, 0.29) is 29.9 Å². The van der Waals surface area contributed by atoms with Crippen LogP contribution in [0.1, 0.15) is 24.4 Å². The minimum absolute atomic E-state index is 0.0746. The Hall–Kier alpha value is -1.99. The highest BCUT2D eigenvalue weighted by molar-refractivity contribution is 7.99. The third-order valence-corrected chi connectivity index (χ3v) is 4.17. The summed E-state index contributed by atoms with van der Waals surface area (Å²) in [6.07, 6.45) is -0.629. The molecule has 1 N–H and O–H groups in total. The Balaban J connectivity index is 2.26. The number of aliphatic hydroxyl groups excluding tert-OH is 1. The molecule has 2 rings (SSSR count). The molecule has 0 bridgehead atoms. The van der Waals surface area contributed by atoms with Gasteiger partial charge in [-0.3, -0.25) is 4.79 Å². The topological polar surface area (TPSA) is 86.0 Å². The minimum Gasteiger partial charge on any atom is -0.490 e. The smallest absolute Gasteiger partial charge is 0.374 e. The largest absolute Gasteiger partial charge is 0.490 e. The SMILES string of the molecule is CCOC(=O)c1cc(=O)c2c(OCC(O)CSCC)cccc2o1. The third-order valence-electron chi connectivity index (χ3n) is 3.14. The first-order valence-electron chi connectivity index (χ1n) is 7.69. The van der Waals surface area contributed by atoms with Crippen LogP contribution in [0, 0.1) is 0 Å². The molecule has 1 unspecified atom stereocenters. The van der Waals surface area contributed by atoms with Crippen molar-refractivity contribution in [1.82, 2.24) is 0 Å². The van der Waals surface area contributed by atoms with Gasteiger partial charge in [0.25, 0.3) is 0 Å². The number of benzene rings is 1. The van der Waals surface area contributed by atoms with Crippen molar-refractivity contribution in [3.63, 3.8) is 0 Å².